The first-order valence-electron chi connectivity index (χ1n) is 10.6. The van der Waals surface area contributed by atoms with Crippen LogP contribution >= 0.6 is 0 Å². The molecule has 0 unspecified atom stereocenters. The van der Waals surface area contributed by atoms with Crippen molar-refractivity contribution < 1.29 is 19.1 Å². The molecule has 1 aliphatic rings. The third-order valence-corrected chi connectivity index (χ3v) is 5.08. The predicted molar refractivity (Wildman–Crippen MR) is 106 cm³/mol. The van der Waals surface area contributed by atoms with E-state index in [0.717, 1.165) is 44.9 Å². The highest BCUT2D eigenvalue weighted by Gasteiger charge is 2.28. The van der Waals surface area contributed by atoms with E-state index in [2.05, 4.69) is 17.6 Å². The number of carbonyl (C=O) groups is 3. The Bertz CT molecular complexity index is 457. The van der Waals surface area contributed by atoms with Gasteiger partial charge in [-0.2, -0.15) is 0 Å². The quantitative estimate of drug-likeness (QED) is 0.480. The second-order valence-electron chi connectivity index (χ2n) is 7.84. The zero-order chi connectivity index (χ0) is 20.1. The van der Waals surface area contributed by atoms with Crippen LogP contribution in [0.15, 0.2) is 0 Å². The maximum absolute atomic E-state index is 12.0. The van der Waals surface area contributed by atoms with Crippen LogP contribution in [0.25, 0.3) is 0 Å². The summed E-state index contributed by atoms with van der Waals surface area (Å²) in [6.45, 7) is 7.54. The molecule has 1 aliphatic carbocycles. The lowest BCUT2D eigenvalue weighted by Crippen LogP contribution is -2.39. The molecule has 0 saturated heterocycles. The minimum atomic E-state index is 0.0153. The Hall–Kier alpha value is -1.43. The number of nitrogens with one attached hydrogen (secondary N) is 2. The van der Waals surface area contributed by atoms with Crippen molar-refractivity contribution in [2.24, 2.45) is 11.8 Å². The molecule has 2 N–H and O–H groups in total. The number of ketones is 1. The van der Waals surface area contributed by atoms with Crippen molar-refractivity contribution >= 4 is 17.6 Å². The van der Waals surface area contributed by atoms with Gasteiger partial charge in [0.05, 0.1) is 6.61 Å². The van der Waals surface area contributed by atoms with E-state index >= 15 is 0 Å². The molecule has 6 nitrogen and oxygen atoms in total. The van der Waals surface area contributed by atoms with Gasteiger partial charge < -0.3 is 15.4 Å². The molecule has 0 aromatic heterocycles. The molecule has 1 rings (SSSR count). The van der Waals surface area contributed by atoms with Gasteiger partial charge in [0.15, 0.2) is 0 Å². The summed E-state index contributed by atoms with van der Waals surface area (Å²) in [7, 11) is 0. The molecule has 0 bridgehead atoms. The van der Waals surface area contributed by atoms with Crippen molar-refractivity contribution in [2.75, 3.05) is 19.8 Å². The third-order valence-electron chi connectivity index (χ3n) is 5.08. The van der Waals surface area contributed by atoms with Crippen LogP contribution in [0.3, 0.4) is 0 Å². The molecule has 0 aromatic carbocycles. The van der Waals surface area contributed by atoms with Gasteiger partial charge in [-0.1, -0.05) is 27.2 Å². The molecule has 0 atom stereocenters. The number of amides is 2. The fourth-order valence-corrected chi connectivity index (χ4v) is 3.39. The lowest BCUT2D eigenvalue weighted by atomic mass is 9.80. The van der Waals surface area contributed by atoms with Gasteiger partial charge in [0.25, 0.3) is 0 Å². The van der Waals surface area contributed by atoms with Crippen molar-refractivity contribution in [1.82, 2.24) is 10.6 Å². The average Bonchev–Trinajstić information content (AvgIpc) is 2.65. The second-order valence-corrected chi connectivity index (χ2v) is 7.84. The number of rotatable bonds is 13. The van der Waals surface area contributed by atoms with Gasteiger partial charge in [-0.3, -0.25) is 14.4 Å². The molecule has 27 heavy (non-hydrogen) atoms. The van der Waals surface area contributed by atoms with Crippen LogP contribution < -0.4 is 10.6 Å². The largest absolute Gasteiger partial charge is 0.381 e. The molecule has 0 radical (unpaired) electrons. The minimum Gasteiger partial charge on any atom is -0.381 e. The Labute approximate surface area is 164 Å². The van der Waals surface area contributed by atoms with E-state index in [4.69, 9.17) is 4.74 Å². The van der Waals surface area contributed by atoms with Crippen LogP contribution in [0.2, 0.25) is 0 Å². The highest BCUT2D eigenvalue weighted by Crippen LogP contribution is 2.27. The minimum absolute atomic E-state index is 0.0153. The third kappa shape index (κ3) is 10.5. The Kier molecular flexibility index (Phi) is 12.0. The van der Waals surface area contributed by atoms with Crippen LogP contribution in [-0.4, -0.2) is 43.4 Å². The first kappa shape index (κ1) is 23.6. The van der Waals surface area contributed by atoms with E-state index in [1.165, 1.54) is 0 Å². The number of hydrogen-bond donors (Lipinski definition) is 2. The summed E-state index contributed by atoms with van der Waals surface area (Å²) in [5.41, 5.74) is 0. The van der Waals surface area contributed by atoms with Gasteiger partial charge in [0, 0.05) is 43.9 Å². The maximum Gasteiger partial charge on any atom is 0.222 e. The first-order valence-corrected chi connectivity index (χ1v) is 10.6. The molecule has 0 spiro atoms. The lowest BCUT2D eigenvalue weighted by Gasteiger charge is -2.29. The normalized spacial score (nSPS) is 19.7. The SMILES string of the molecule is CCCCC(=O)NCCCOCCC(=O)NC1CCC(C(=O)C(C)C)CC1. The van der Waals surface area contributed by atoms with Crippen LogP contribution in [0.1, 0.15) is 78.6 Å². The van der Waals surface area contributed by atoms with Crippen molar-refractivity contribution in [3.8, 4) is 0 Å². The van der Waals surface area contributed by atoms with Crippen LogP contribution in [0.4, 0.5) is 0 Å². The molecule has 6 heteroatoms. The first-order chi connectivity index (χ1) is 12.9. The Morgan fingerprint density at radius 1 is 0.963 bits per heavy atom. The van der Waals surface area contributed by atoms with Gasteiger partial charge >= 0.3 is 0 Å². The highest BCUT2D eigenvalue weighted by molar-refractivity contribution is 5.83. The molecule has 1 fully saturated rings. The van der Waals surface area contributed by atoms with Crippen molar-refractivity contribution in [1.29, 1.82) is 0 Å². The molecular weight excluding hydrogens is 344 g/mol. The predicted octanol–water partition coefficient (Wildman–Crippen LogP) is 2.99. The van der Waals surface area contributed by atoms with Crippen molar-refractivity contribution in [2.45, 2.75) is 84.6 Å². The highest BCUT2D eigenvalue weighted by atomic mass is 16.5. The number of ether oxygens (including phenoxy) is 1. The van der Waals surface area contributed by atoms with E-state index in [1.807, 2.05) is 13.8 Å². The van der Waals surface area contributed by atoms with Gasteiger partial charge in [-0.25, -0.2) is 0 Å². The molecule has 0 aliphatic heterocycles. The monoisotopic (exact) mass is 382 g/mol. The van der Waals surface area contributed by atoms with E-state index < -0.39 is 0 Å². The summed E-state index contributed by atoms with van der Waals surface area (Å²) in [6.07, 6.45) is 7.17. The topological polar surface area (TPSA) is 84.5 Å². The number of carbonyl (C=O) groups excluding carboxylic acids is 3. The van der Waals surface area contributed by atoms with E-state index in [-0.39, 0.29) is 29.7 Å². The van der Waals surface area contributed by atoms with Gasteiger partial charge in [0.2, 0.25) is 11.8 Å². The zero-order valence-corrected chi connectivity index (χ0v) is 17.4. The molecule has 2 amide bonds. The summed E-state index contributed by atoms with van der Waals surface area (Å²) in [4.78, 5) is 35.5. The summed E-state index contributed by atoms with van der Waals surface area (Å²) in [5, 5.41) is 5.92. The fourth-order valence-electron chi connectivity index (χ4n) is 3.39. The number of Topliss-reactive ketones (excluding diaryl/α,β-unsaturated/α-hetero) is 1. The average molecular weight is 383 g/mol. The Morgan fingerprint density at radius 3 is 2.30 bits per heavy atom. The fraction of sp³-hybridized carbons (Fsp3) is 0.857. The number of hydrogen-bond acceptors (Lipinski definition) is 4. The Balaban J connectivity index is 2.01. The van der Waals surface area contributed by atoms with Gasteiger partial charge in [0.1, 0.15) is 5.78 Å². The van der Waals surface area contributed by atoms with Crippen molar-refractivity contribution in [3.05, 3.63) is 0 Å². The van der Waals surface area contributed by atoms with Crippen LogP contribution in [0, 0.1) is 11.8 Å². The van der Waals surface area contributed by atoms with Crippen molar-refractivity contribution in [3.63, 3.8) is 0 Å². The molecule has 0 heterocycles. The number of unbranched alkanes of at least 4 members (excludes halogenated alkanes) is 1. The second kappa shape index (κ2) is 13.7. The van der Waals surface area contributed by atoms with E-state index in [0.29, 0.717) is 38.4 Å². The van der Waals surface area contributed by atoms with Crippen LogP contribution in [-0.2, 0) is 19.1 Å². The summed E-state index contributed by atoms with van der Waals surface area (Å²) in [6, 6.07) is 0.187. The zero-order valence-electron chi connectivity index (χ0n) is 17.4. The smallest absolute Gasteiger partial charge is 0.222 e. The van der Waals surface area contributed by atoms with E-state index in [1.54, 1.807) is 0 Å². The van der Waals surface area contributed by atoms with Gasteiger partial charge in [-0.15, -0.1) is 0 Å². The molecule has 156 valence electrons. The Morgan fingerprint density at radius 2 is 1.67 bits per heavy atom. The lowest BCUT2D eigenvalue weighted by molar-refractivity contribution is -0.127. The summed E-state index contributed by atoms with van der Waals surface area (Å²) in [5.74, 6) is 0.740. The maximum atomic E-state index is 12.0. The summed E-state index contributed by atoms with van der Waals surface area (Å²) >= 11 is 0. The van der Waals surface area contributed by atoms with E-state index in [9.17, 15) is 14.4 Å². The molecule has 0 aromatic rings. The summed E-state index contributed by atoms with van der Waals surface area (Å²) < 4.78 is 5.47. The molecular formula is C21H38N2O4. The van der Waals surface area contributed by atoms with Gasteiger partial charge in [-0.05, 0) is 38.5 Å². The standard InChI is InChI=1S/C21H38N2O4/c1-4-5-7-19(24)22-13-6-14-27-15-12-20(25)23-18-10-8-17(9-11-18)21(26)16(2)3/h16-18H,4-15H2,1-3H3,(H,22,24)(H,23,25). The van der Waals surface area contributed by atoms with Crippen LogP contribution in [0.5, 0.6) is 0 Å². The molecule has 1 saturated carbocycles.